The van der Waals surface area contributed by atoms with E-state index in [0.717, 1.165) is 5.69 Å². The molecule has 0 unspecified atom stereocenters. The predicted octanol–water partition coefficient (Wildman–Crippen LogP) is 4.23. The van der Waals surface area contributed by atoms with Crippen LogP contribution in [0.25, 0.3) is 0 Å². The van der Waals surface area contributed by atoms with Crippen molar-refractivity contribution in [2.24, 2.45) is 0 Å². The average Bonchev–Trinajstić information content (AvgIpc) is 3.02. The number of halogens is 1. The van der Waals surface area contributed by atoms with Gasteiger partial charge in [0.2, 0.25) is 5.91 Å². The molecule has 0 saturated carbocycles. The maximum Gasteiger partial charge on any atom is 0.258 e. The maximum absolute atomic E-state index is 12.2. The van der Waals surface area contributed by atoms with Gasteiger partial charge in [0, 0.05) is 11.1 Å². The molecule has 2 N–H and O–H groups in total. The first-order chi connectivity index (χ1) is 12.1. The average molecular weight is 372 g/mol. The largest absolute Gasteiger partial charge is 0.326 e. The van der Waals surface area contributed by atoms with Gasteiger partial charge >= 0.3 is 0 Å². The minimum atomic E-state index is -0.333. The van der Waals surface area contributed by atoms with Crippen LogP contribution in [0.5, 0.6) is 0 Å². The predicted molar refractivity (Wildman–Crippen MR) is 100 cm³/mol. The normalized spacial score (nSPS) is 10.3. The fourth-order valence-electron chi connectivity index (χ4n) is 2.15. The molecule has 1 heterocycles. The summed E-state index contributed by atoms with van der Waals surface area (Å²) >= 11 is 7.27. The van der Waals surface area contributed by atoms with Crippen LogP contribution in [-0.2, 0) is 11.2 Å². The van der Waals surface area contributed by atoms with Gasteiger partial charge in [0.15, 0.2) is 5.13 Å². The number of amides is 2. The maximum atomic E-state index is 12.2. The van der Waals surface area contributed by atoms with Gasteiger partial charge in [0.1, 0.15) is 0 Å². The first kappa shape index (κ1) is 17.1. The van der Waals surface area contributed by atoms with E-state index in [0.29, 0.717) is 21.4 Å². The van der Waals surface area contributed by atoms with Crippen molar-refractivity contribution in [1.82, 2.24) is 4.98 Å². The van der Waals surface area contributed by atoms with Gasteiger partial charge in [-0.05, 0) is 24.3 Å². The number of hydrogen-bond donors (Lipinski definition) is 2. The van der Waals surface area contributed by atoms with Crippen molar-refractivity contribution in [3.05, 3.63) is 76.3 Å². The number of anilines is 2. The summed E-state index contributed by atoms with van der Waals surface area (Å²) in [6.07, 6.45) is 0.132. The molecule has 0 fully saturated rings. The zero-order valence-electron chi connectivity index (χ0n) is 13.0. The number of para-hydroxylation sites is 1. The summed E-state index contributed by atoms with van der Waals surface area (Å²) in [4.78, 5) is 28.5. The Bertz CT molecular complexity index is 896. The fraction of sp³-hybridized carbons (Fsp3) is 0.0556. The van der Waals surface area contributed by atoms with Crippen molar-refractivity contribution in [2.45, 2.75) is 6.42 Å². The summed E-state index contributed by atoms with van der Waals surface area (Å²) in [5.74, 6) is -0.499. The molecule has 0 spiro atoms. The molecule has 0 aliphatic rings. The van der Waals surface area contributed by atoms with E-state index in [1.807, 2.05) is 30.3 Å². The third-order valence-electron chi connectivity index (χ3n) is 3.29. The zero-order chi connectivity index (χ0) is 17.6. The molecule has 5 nitrogen and oxygen atoms in total. The van der Waals surface area contributed by atoms with Crippen molar-refractivity contribution in [3.63, 3.8) is 0 Å². The second-order valence-electron chi connectivity index (χ2n) is 5.17. The lowest BCUT2D eigenvalue weighted by atomic mass is 10.2. The van der Waals surface area contributed by atoms with Gasteiger partial charge in [-0.2, -0.15) is 0 Å². The van der Waals surface area contributed by atoms with Gasteiger partial charge in [-0.3, -0.25) is 14.9 Å². The van der Waals surface area contributed by atoms with Crippen LogP contribution in [0.4, 0.5) is 10.8 Å². The molecule has 7 heteroatoms. The van der Waals surface area contributed by atoms with Crippen molar-refractivity contribution in [1.29, 1.82) is 0 Å². The topological polar surface area (TPSA) is 71.1 Å². The minimum Gasteiger partial charge on any atom is -0.326 e. The molecule has 3 aromatic rings. The highest BCUT2D eigenvalue weighted by molar-refractivity contribution is 7.14. The molecular weight excluding hydrogens is 358 g/mol. The second kappa shape index (κ2) is 7.92. The molecule has 3 rings (SSSR count). The Balaban J connectivity index is 1.60. The van der Waals surface area contributed by atoms with Crippen LogP contribution in [0.1, 0.15) is 16.1 Å². The number of thiazole rings is 1. The van der Waals surface area contributed by atoms with E-state index in [1.165, 1.54) is 11.3 Å². The van der Waals surface area contributed by atoms with Crippen LogP contribution < -0.4 is 10.6 Å². The lowest BCUT2D eigenvalue weighted by Crippen LogP contribution is -2.15. The molecule has 1 aromatic heterocycles. The van der Waals surface area contributed by atoms with Crippen molar-refractivity contribution < 1.29 is 9.59 Å². The number of nitrogens with zero attached hydrogens (tertiary/aromatic N) is 1. The van der Waals surface area contributed by atoms with Crippen LogP contribution in [0, 0.1) is 0 Å². The molecule has 0 aliphatic heterocycles. The molecule has 0 bridgehead atoms. The van der Waals surface area contributed by atoms with Crippen molar-refractivity contribution >= 4 is 45.6 Å². The summed E-state index contributed by atoms with van der Waals surface area (Å²) in [6, 6.07) is 16.0. The van der Waals surface area contributed by atoms with Crippen molar-refractivity contribution in [2.75, 3.05) is 10.6 Å². The summed E-state index contributed by atoms with van der Waals surface area (Å²) in [5.41, 5.74) is 1.70. The monoisotopic (exact) mass is 371 g/mol. The van der Waals surface area contributed by atoms with E-state index in [1.54, 1.807) is 29.6 Å². The molecule has 0 saturated heterocycles. The first-order valence-electron chi connectivity index (χ1n) is 7.47. The van der Waals surface area contributed by atoms with Crippen LogP contribution >= 0.6 is 22.9 Å². The Morgan fingerprint density at radius 1 is 1.00 bits per heavy atom. The Hall–Kier alpha value is -2.70. The van der Waals surface area contributed by atoms with Crippen LogP contribution in [-0.4, -0.2) is 16.8 Å². The number of carbonyl (C=O) groups is 2. The smallest absolute Gasteiger partial charge is 0.258 e. The van der Waals surface area contributed by atoms with Gasteiger partial charge in [0.05, 0.1) is 22.7 Å². The standard InChI is InChI=1S/C18H14ClN3O2S/c19-15-9-5-4-8-14(15)17(24)22-18-21-13(11-25-18)10-16(23)20-12-6-2-1-3-7-12/h1-9,11H,10H2,(H,20,23)(H,21,22,24). The SMILES string of the molecule is O=C(Cc1csc(NC(=O)c2ccccc2Cl)n1)Nc1ccccc1. The highest BCUT2D eigenvalue weighted by Crippen LogP contribution is 2.20. The van der Waals surface area contributed by atoms with Gasteiger partial charge in [0.25, 0.3) is 5.91 Å². The molecule has 0 radical (unpaired) electrons. The molecule has 25 heavy (non-hydrogen) atoms. The van der Waals surface area contributed by atoms with E-state index in [4.69, 9.17) is 11.6 Å². The molecule has 0 atom stereocenters. The molecule has 2 aromatic carbocycles. The van der Waals surface area contributed by atoms with Gasteiger partial charge in [-0.1, -0.05) is 41.9 Å². The summed E-state index contributed by atoms with van der Waals surface area (Å²) in [7, 11) is 0. The summed E-state index contributed by atoms with van der Waals surface area (Å²) < 4.78 is 0. The number of benzene rings is 2. The third kappa shape index (κ3) is 4.65. The molecule has 126 valence electrons. The zero-order valence-corrected chi connectivity index (χ0v) is 14.6. The lowest BCUT2D eigenvalue weighted by Gasteiger charge is -2.04. The Morgan fingerprint density at radius 3 is 2.48 bits per heavy atom. The Labute approximate surface area is 153 Å². The van der Waals surface area contributed by atoms with E-state index >= 15 is 0 Å². The van der Waals surface area contributed by atoms with E-state index < -0.39 is 0 Å². The highest BCUT2D eigenvalue weighted by atomic mass is 35.5. The lowest BCUT2D eigenvalue weighted by molar-refractivity contribution is -0.115. The summed E-state index contributed by atoms with van der Waals surface area (Å²) in [6.45, 7) is 0. The second-order valence-corrected chi connectivity index (χ2v) is 6.43. The van der Waals surface area contributed by atoms with Crippen LogP contribution in [0.3, 0.4) is 0 Å². The first-order valence-corrected chi connectivity index (χ1v) is 8.73. The number of hydrogen-bond acceptors (Lipinski definition) is 4. The van der Waals surface area contributed by atoms with E-state index in [2.05, 4.69) is 15.6 Å². The molecule has 2 amide bonds. The minimum absolute atomic E-state index is 0.132. The Morgan fingerprint density at radius 2 is 1.72 bits per heavy atom. The molecule has 0 aliphatic carbocycles. The number of rotatable bonds is 5. The van der Waals surface area contributed by atoms with Crippen LogP contribution in [0.15, 0.2) is 60.0 Å². The number of nitrogens with one attached hydrogen (secondary N) is 2. The quantitative estimate of drug-likeness (QED) is 0.705. The van der Waals surface area contributed by atoms with Gasteiger partial charge in [-0.25, -0.2) is 4.98 Å². The fourth-order valence-corrected chi connectivity index (χ4v) is 3.07. The van der Waals surface area contributed by atoms with Gasteiger partial charge < -0.3 is 5.32 Å². The number of aromatic nitrogens is 1. The third-order valence-corrected chi connectivity index (χ3v) is 4.43. The summed E-state index contributed by atoms with van der Waals surface area (Å²) in [5, 5.41) is 8.03. The number of carbonyl (C=O) groups excluding carboxylic acids is 2. The Kier molecular flexibility index (Phi) is 5.42. The van der Waals surface area contributed by atoms with Gasteiger partial charge in [-0.15, -0.1) is 11.3 Å². The van der Waals surface area contributed by atoms with E-state index in [-0.39, 0.29) is 18.2 Å². The van der Waals surface area contributed by atoms with Crippen LogP contribution in [0.2, 0.25) is 5.02 Å². The van der Waals surface area contributed by atoms with E-state index in [9.17, 15) is 9.59 Å². The molecular formula is C18H14ClN3O2S. The van der Waals surface area contributed by atoms with Crippen molar-refractivity contribution in [3.8, 4) is 0 Å². The highest BCUT2D eigenvalue weighted by Gasteiger charge is 2.13.